The molecule has 0 bridgehead atoms. The van der Waals surface area contributed by atoms with Crippen LogP contribution in [0.5, 0.6) is 0 Å². The highest BCUT2D eigenvalue weighted by Crippen LogP contribution is 2.16. The molecule has 0 aliphatic carbocycles. The molecule has 0 saturated carbocycles. The molecule has 1 heterocycles. The fourth-order valence-corrected chi connectivity index (χ4v) is 2.31. The smallest absolute Gasteiger partial charge is 0.236 e. The van der Waals surface area contributed by atoms with E-state index in [4.69, 9.17) is 5.11 Å². The van der Waals surface area contributed by atoms with Crippen LogP contribution < -0.4 is 0 Å². The lowest BCUT2D eigenvalue weighted by atomic mass is 10.0. The Morgan fingerprint density at radius 2 is 2.35 bits per heavy atom. The molecule has 4 nitrogen and oxygen atoms in total. The van der Waals surface area contributed by atoms with Crippen LogP contribution in [-0.4, -0.2) is 59.6 Å². The lowest BCUT2D eigenvalue weighted by Crippen LogP contribution is -2.47. The summed E-state index contributed by atoms with van der Waals surface area (Å²) >= 11 is 0. The van der Waals surface area contributed by atoms with Gasteiger partial charge in [0.1, 0.15) is 0 Å². The quantitative estimate of drug-likeness (QED) is 0.701. The van der Waals surface area contributed by atoms with Gasteiger partial charge in [0.25, 0.3) is 0 Å². The van der Waals surface area contributed by atoms with E-state index < -0.39 is 0 Å². The molecule has 0 aromatic heterocycles. The van der Waals surface area contributed by atoms with Crippen molar-refractivity contribution in [2.45, 2.75) is 32.2 Å². The minimum atomic E-state index is 0.0800. The summed E-state index contributed by atoms with van der Waals surface area (Å²) in [6, 6.07) is 0.357. The van der Waals surface area contributed by atoms with Gasteiger partial charge in [-0.2, -0.15) is 0 Å². The molecule has 1 fully saturated rings. The van der Waals surface area contributed by atoms with E-state index in [0.29, 0.717) is 25.7 Å². The molecule has 17 heavy (non-hydrogen) atoms. The summed E-state index contributed by atoms with van der Waals surface area (Å²) in [6.45, 7) is 8.30. The van der Waals surface area contributed by atoms with Crippen molar-refractivity contribution in [3.05, 3.63) is 12.7 Å². The van der Waals surface area contributed by atoms with Crippen molar-refractivity contribution < 1.29 is 9.90 Å². The van der Waals surface area contributed by atoms with Crippen LogP contribution in [-0.2, 0) is 4.79 Å². The first-order valence-corrected chi connectivity index (χ1v) is 6.42. The van der Waals surface area contributed by atoms with Gasteiger partial charge in [0, 0.05) is 25.7 Å². The average molecular weight is 240 g/mol. The van der Waals surface area contributed by atoms with Crippen LogP contribution in [0, 0.1) is 0 Å². The lowest BCUT2D eigenvalue weighted by molar-refractivity contribution is -0.135. The minimum absolute atomic E-state index is 0.0800. The number of nitrogens with zero attached hydrogens (tertiary/aromatic N) is 2. The van der Waals surface area contributed by atoms with Gasteiger partial charge < -0.3 is 10.0 Å². The first-order chi connectivity index (χ1) is 8.19. The van der Waals surface area contributed by atoms with Gasteiger partial charge in [0.05, 0.1) is 13.2 Å². The molecule has 1 atom stereocenters. The van der Waals surface area contributed by atoms with Crippen molar-refractivity contribution in [3.8, 4) is 0 Å². The highest BCUT2D eigenvalue weighted by molar-refractivity contribution is 5.78. The van der Waals surface area contributed by atoms with Crippen LogP contribution in [0.1, 0.15) is 26.2 Å². The van der Waals surface area contributed by atoms with Gasteiger partial charge in [0.15, 0.2) is 0 Å². The van der Waals surface area contributed by atoms with E-state index in [1.54, 1.807) is 6.08 Å². The third-order valence-electron chi connectivity index (χ3n) is 3.29. The minimum Gasteiger partial charge on any atom is -0.395 e. The highest BCUT2D eigenvalue weighted by Gasteiger charge is 2.24. The SMILES string of the molecule is C=CCN(CCO)CC(=O)N1CCCCC1C. The summed E-state index contributed by atoms with van der Waals surface area (Å²) < 4.78 is 0. The first-order valence-electron chi connectivity index (χ1n) is 6.42. The maximum Gasteiger partial charge on any atom is 0.236 e. The second-order valence-corrected chi connectivity index (χ2v) is 4.68. The van der Waals surface area contributed by atoms with Crippen LogP contribution >= 0.6 is 0 Å². The molecule has 0 aromatic rings. The maximum atomic E-state index is 12.1. The van der Waals surface area contributed by atoms with Crippen molar-refractivity contribution >= 4 is 5.91 Å². The van der Waals surface area contributed by atoms with Crippen LogP contribution in [0.2, 0.25) is 0 Å². The second kappa shape index (κ2) is 7.45. The summed E-state index contributed by atoms with van der Waals surface area (Å²) in [4.78, 5) is 16.0. The number of piperidine rings is 1. The van der Waals surface area contributed by atoms with E-state index in [-0.39, 0.29) is 12.5 Å². The Bertz CT molecular complexity index is 256. The molecule has 4 heteroatoms. The number of aliphatic hydroxyl groups is 1. The molecular weight excluding hydrogens is 216 g/mol. The van der Waals surface area contributed by atoms with Gasteiger partial charge in [-0.15, -0.1) is 6.58 Å². The number of hydrogen-bond acceptors (Lipinski definition) is 3. The fraction of sp³-hybridized carbons (Fsp3) is 0.769. The van der Waals surface area contributed by atoms with Crippen molar-refractivity contribution in [1.29, 1.82) is 0 Å². The topological polar surface area (TPSA) is 43.8 Å². The predicted octanol–water partition coefficient (Wildman–Crippen LogP) is 0.868. The molecule has 1 amide bonds. The first kappa shape index (κ1) is 14.2. The molecule has 1 aliphatic rings. The summed E-state index contributed by atoms with van der Waals surface area (Å²) in [6.07, 6.45) is 5.20. The van der Waals surface area contributed by atoms with E-state index in [1.807, 2.05) is 9.80 Å². The van der Waals surface area contributed by atoms with E-state index in [2.05, 4.69) is 13.5 Å². The third kappa shape index (κ3) is 4.48. The van der Waals surface area contributed by atoms with E-state index in [0.717, 1.165) is 19.4 Å². The fourth-order valence-electron chi connectivity index (χ4n) is 2.31. The zero-order chi connectivity index (χ0) is 12.7. The Kier molecular flexibility index (Phi) is 6.22. The van der Waals surface area contributed by atoms with Gasteiger partial charge >= 0.3 is 0 Å². The molecule has 0 aromatic carbocycles. The van der Waals surface area contributed by atoms with Crippen molar-refractivity contribution in [1.82, 2.24) is 9.80 Å². The van der Waals surface area contributed by atoms with Gasteiger partial charge in [0.2, 0.25) is 5.91 Å². The van der Waals surface area contributed by atoms with E-state index in [1.165, 1.54) is 6.42 Å². The molecule has 1 rings (SSSR count). The van der Waals surface area contributed by atoms with Gasteiger partial charge in [-0.1, -0.05) is 6.08 Å². The predicted molar refractivity (Wildman–Crippen MR) is 68.7 cm³/mol. The van der Waals surface area contributed by atoms with Crippen LogP contribution in [0.3, 0.4) is 0 Å². The molecule has 0 radical (unpaired) electrons. The van der Waals surface area contributed by atoms with E-state index >= 15 is 0 Å². The monoisotopic (exact) mass is 240 g/mol. The van der Waals surface area contributed by atoms with Crippen LogP contribution in [0.15, 0.2) is 12.7 Å². The molecular formula is C13H24N2O2. The number of hydrogen-bond donors (Lipinski definition) is 1. The zero-order valence-corrected chi connectivity index (χ0v) is 10.8. The zero-order valence-electron chi connectivity index (χ0n) is 10.8. The summed E-state index contributed by atoms with van der Waals surface area (Å²) in [5.74, 6) is 0.174. The van der Waals surface area contributed by atoms with Crippen LogP contribution in [0.25, 0.3) is 0 Å². The molecule has 1 aliphatic heterocycles. The number of carbonyl (C=O) groups excluding carboxylic acids is 1. The Morgan fingerprint density at radius 1 is 1.59 bits per heavy atom. The van der Waals surface area contributed by atoms with Crippen molar-refractivity contribution in [2.24, 2.45) is 0 Å². The Balaban J connectivity index is 2.46. The van der Waals surface area contributed by atoms with Crippen molar-refractivity contribution in [3.63, 3.8) is 0 Å². The summed E-state index contributed by atoms with van der Waals surface area (Å²) in [7, 11) is 0. The summed E-state index contributed by atoms with van der Waals surface area (Å²) in [5, 5.41) is 8.94. The summed E-state index contributed by atoms with van der Waals surface area (Å²) in [5.41, 5.74) is 0. The van der Waals surface area contributed by atoms with E-state index in [9.17, 15) is 4.79 Å². The lowest BCUT2D eigenvalue weighted by Gasteiger charge is -2.35. The second-order valence-electron chi connectivity index (χ2n) is 4.68. The molecule has 1 unspecified atom stereocenters. The Labute approximate surface area is 104 Å². The van der Waals surface area contributed by atoms with Gasteiger partial charge in [-0.3, -0.25) is 9.69 Å². The highest BCUT2D eigenvalue weighted by atomic mass is 16.3. The van der Waals surface area contributed by atoms with Crippen LogP contribution in [0.4, 0.5) is 0 Å². The number of rotatable bonds is 6. The molecule has 1 N–H and O–H groups in total. The number of amides is 1. The molecule has 98 valence electrons. The number of likely N-dealkylation sites (tertiary alicyclic amines) is 1. The molecule has 1 saturated heterocycles. The maximum absolute atomic E-state index is 12.1. The van der Waals surface area contributed by atoms with Crippen molar-refractivity contribution in [2.75, 3.05) is 32.8 Å². The normalized spacial score (nSPS) is 20.6. The number of carbonyl (C=O) groups is 1. The van der Waals surface area contributed by atoms with Gasteiger partial charge in [-0.25, -0.2) is 0 Å². The average Bonchev–Trinajstić information content (AvgIpc) is 2.30. The largest absolute Gasteiger partial charge is 0.395 e. The Hall–Kier alpha value is -0.870. The third-order valence-corrected chi connectivity index (χ3v) is 3.29. The number of aliphatic hydroxyl groups excluding tert-OH is 1. The Morgan fingerprint density at radius 3 is 2.94 bits per heavy atom. The van der Waals surface area contributed by atoms with Gasteiger partial charge in [-0.05, 0) is 26.2 Å². The molecule has 0 spiro atoms. The standard InChI is InChI=1S/C13H24N2O2/c1-3-7-14(9-10-16)11-13(17)15-8-5-4-6-12(15)2/h3,12,16H,1,4-11H2,2H3.